The van der Waals surface area contributed by atoms with Crippen LogP contribution < -0.4 is 10.6 Å². The van der Waals surface area contributed by atoms with Crippen LogP contribution in [0.1, 0.15) is 39.4 Å². The molecule has 1 fully saturated rings. The molecule has 0 aromatic carbocycles. The predicted molar refractivity (Wildman–Crippen MR) is 88.9 cm³/mol. The van der Waals surface area contributed by atoms with Crippen molar-refractivity contribution in [2.45, 2.75) is 46.1 Å². The van der Waals surface area contributed by atoms with E-state index in [0.29, 0.717) is 6.04 Å². The Morgan fingerprint density at radius 2 is 2.10 bits per heavy atom. The lowest BCUT2D eigenvalue weighted by molar-refractivity contribution is 0.266. The molecule has 21 heavy (non-hydrogen) atoms. The molecule has 1 aliphatic rings. The average molecular weight is 291 g/mol. The highest BCUT2D eigenvalue weighted by atomic mass is 15.2. The van der Waals surface area contributed by atoms with Crippen LogP contribution in [0.2, 0.25) is 0 Å². The van der Waals surface area contributed by atoms with Gasteiger partial charge in [-0.05, 0) is 39.2 Å². The van der Waals surface area contributed by atoms with Gasteiger partial charge in [0.05, 0.1) is 0 Å². The molecule has 5 nitrogen and oxygen atoms in total. The fourth-order valence-corrected chi connectivity index (χ4v) is 2.80. The predicted octanol–water partition coefficient (Wildman–Crippen LogP) is 2.61. The van der Waals surface area contributed by atoms with Crippen LogP contribution in [0.25, 0.3) is 0 Å². The maximum atomic E-state index is 4.61. The summed E-state index contributed by atoms with van der Waals surface area (Å²) in [5.41, 5.74) is 0. The zero-order chi connectivity index (χ0) is 15.2. The number of likely N-dealkylation sites (tertiary alicyclic amines) is 1. The van der Waals surface area contributed by atoms with E-state index in [0.717, 1.165) is 42.8 Å². The van der Waals surface area contributed by atoms with Crippen molar-refractivity contribution < 1.29 is 0 Å². The Kier molecular flexibility index (Phi) is 5.79. The summed E-state index contributed by atoms with van der Waals surface area (Å²) in [6, 6.07) is 2.65. The molecule has 1 unspecified atom stereocenters. The lowest BCUT2D eigenvalue weighted by Crippen LogP contribution is -2.29. The van der Waals surface area contributed by atoms with E-state index in [4.69, 9.17) is 0 Å². The van der Waals surface area contributed by atoms with Gasteiger partial charge in [0.15, 0.2) is 0 Å². The Labute approximate surface area is 128 Å². The summed E-state index contributed by atoms with van der Waals surface area (Å²) in [6.45, 7) is 10.1. The van der Waals surface area contributed by atoms with Gasteiger partial charge in [0.2, 0.25) is 0 Å². The first-order chi connectivity index (χ1) is 10.1. The summed E-state index contributed by atoms with van der Waals surface area (Å²) in [7, 11) is 1.90. The van der Waals surface area contributed by atoms with Crippen molar-refractivity contribution in [1.82, 2.24) is 14.9 Å². The van der Waals surface area contributed by atoms with Crippen LogP contribution in [0, 0.1) is 5.92 Å². The zero-order valence-corrected chi connectivity index (χ0v) is 13.8. The van der Waals surface area contributed by atoms with Crippen LogP contribution in [-0.4, -0.2) is 47.6 Å². The van der Waals surface area contributed by atoms with Crippen molar-refractivity contribution >= 4 is 11.6 Å². The molecular weight excluding hydrogens is 262 g/mol. The first-order valence-corrected chi connectivity index (χ1v) is 8.16. The van der Waals surface area contributed by atoms with E-state index >= 15 is 0 Å². The number of anilines is 2. The number of hydrogen-bond donors (Lipinski definition) is 2. The molecule has 5 heteroatoms. The second-order valence-electron chi connectivity index (χ2n) is 6.18. The van der Waals surface area contributed by atoms with E-state index in [1.54, 1.807) is 0 Å². The van der Waals surface area contributed by atoms with Crippen molar-refractivity contribution in [1.29, 1.82) is 0 Å². The first-order valence-electron chi connectivity index (χ1n) is 8.16. The Bertz CT molecular complexity index is 446. The molecule has 1 aromatic rings. The van der Waals surface area contributed by atoms with Gasteiger partial charge in [-0.15, -0.1) is 0 Å². The molecule has 118 valence electrons. The number of nitrogens with zero attached hydrogens (tertiary/aromatic N) is 3. The van der Waals surface area contributed by atoms with Gasteiger partial charge >= 0.3 is 0 Å². The third-order valence-electron chi connectivity index (χ3n) is 4.12. The minimum Gasteiger partial charge on any atom is -0.373 e. The maximum Gasteiger partial charge on any atom is 0.133 e. The average Bonchev–Trinajstić information content (AvgIpc) is 2.94. The molecule has 0 bridgehead atoms. The quantitative estimate of drug-likeness (QED) is 0.809. The Hall–Kier alpha value is -1.36. The van der Waals surface area contributed by atoms with Gasteiger partial charge < -0.3 is 15.5 Å². The number of hydrogen-bond acceptors (Lipinski definition) is 5. The molecule has 0 radical (unpaired) electrons. The second-order valence-corrected chi connectivity index (χ2v) is 6.18. The van der Waals surface area contributed by atoms with Gasteiger partial charge in [-0.2, -0.15) is 0 Å². The third kappa shape index (κ3) is 4.56. The van der Waals surface area contributed by atoms with Crippen LogP contribution in [-0.2, 0) is 6.42 Å². The molecule has 1 atom stereocenters. The second kappa shape index (κ2) is 7.59. The van der Waals surface area contributed by atoms with Gasteiger partial charge in [0, 0.05) is 38.7 Å². The highest BCUT2D eigenvalue weighted by Crippen LogP contribution is 2.19. The van der Waals surface area contributed by atoms with Crippen LogP contribution in [0.4, 0.5) is 11.6 Å². The molecule has 2 heterocycles. The fourth-order valence-electron chi connectivity index (χ4n) is 2.80. The largest absolute Gasteiger partial charge is 0.373 e. The van der Waals surface area contributed by atoms with Crippen LogP contribution >= 0.6 is 0 Å². The Morgan fingerprint density at radius 3 is 2.71 bits per heavy atom. The summed E-state index contributed by atoms with van der Waals surface area (Å²) in [6.07, 6.45) is 3.27. The topological polar surface area (TPSA) is 53.1 Å². The van der Waals surface area contributed by atoms with E-state index < -0.39 is 0 Å². The van der Waals surface area contributed by atoms with E-state index in [1.807, 2.05) is 13.1 Å². The van der Waals surface area contributed by atoms with Crippen molar-refractivity contribution in [2.24, 2.45) is 5.92 Å². The summed E-state index contributed by atoms with van der Waals surface area (Å²) >= 11 is 0. The number of aromatic nitrogens is 2. The minimum atomic E-state index is 0.654. The third-order valence-corrected chi connectivity index (χ3v) is 4.12. The molecule has 0 amide bonds. The summed E-state index contributed by atoms with van der Waals surface area (Å²) in [5.74, 6) is 3.48. The van der Waals surface area contributed by atoms with Crippen LogP contribution in [0.15, 0.2) is 6.07 Å². The Balaban J connectivity index is 1.92. The molecule has 0 saturated carbocycles. The van der Waals surface area contributed by atoms with Gasteiger partial charge in [0.25, 0.3) is 0 Å². The molecule has 1 aromatic heterocycles. The van der Waals surface area contributed by atoms with Crippen LogP contribution in [0.5, 0.6) is 0 Å². The minimum absolute atomic E-state index is 0.654. The van der Waals surface area contributed by atoms with E-state index in [-0.39, 0.29) is 0 Å². The molecule has 0 spiro atoms. The van der Waals surface area contributed by atoms with E-state index in [2.05, 4.69) is 46.3 Å². The standard InChI is InChI=1S/C16H29N5/c1-5-6-14-19-15(17-4)9-16(20-14)18-10-13-7-8-21(11-13)12(2)3/h9,12-13H,5-8,10-11H2,1-4H3,(H2,17,18,19,20). The first kappa shape index (κ1) is 16.0. The lowest BCUT2D eigenvalue weighted by Gasteiger charge is -2.20. The molecular formula is C16H29N5. The van der Waals surface area contributed by atoms with Crippen LogP contribution in [0.3, 0.4) is 0 Å². The van der Waals surface area contributed by atoms with Gasteiger partial charge in [-0.1, -0.05) is 6.92 Å². The summed E-state index contributed by atoms with van der Waals surface area (Å²) < 4.78 is 0. The molecule has 2 rings (SSSR count). The highest BCUT2D eigenvalue weighted by molar-refractivity contribution is 5.47. The fraction of sp³-hybridized carbons (Fsp3) is 0.750. The van der Waals surface area contributed by atoms with Gasteiger partial charge in [0.1, 0.15) is 17.5 Å². The van der Waals surface area contributed by atoms with E-state index in [1.165, 1.54) is 19.5 Å². The number of nitrogens with one attached hydrogen (secondary N) is 2. The van der Waals surface area contributed by atoms with Gasteiger partial charge in [-0.3, -0.25) is 0 Å². The number of rotatable bonds is 7. The van der Waals surface area contributed by atoms with Crippen molar-refractivity contribution in [3.05, 3.63) is 11.9 Å². The molecule has 1 saturated heterocycles. The van der Waals surface area contributed by atoms with Crippen molar-refractivity contribution in [3.8, 4) is 0 Å². The van der Waals surface area contributed by atoms with Gasteiger partial charge in [-0.25, -0.2) is 9.97 Å². The molecule has 1 aliphatic heterocycles. The monoisotopic (exact) mass is 291 g/mol. The van der Waals surface area contributed by atoms with Crippen molar-refractivity contribution in [3.63, 3.8) is 0 Å². The SMILES string of the molecule is CCCc1nc(NC)cc(NCC2CCN(C(C)C)C2)n1. The maximum absolute atomic E-state index is 4.61. The normalized spacial score (nSPS) is 19.2. The molecule has 0 aliphatic carbocycles. The van der Waals surface area contributed by atoms with E-state index in [9.17, 15) is 0 Å². The lowest BCUT2D eigenvalue weighted by atomic mass is 10.1. The summed E-state index contributed by atoms with van der Waals surface area (Å²) in [4.78, 5) is 11.6. The molecule has 2 N–H and O–H groups in total. The smallest absolute Gasteiger partial charge is 0.133 e. The summed E-state index contributed by atoms with van der Waals surface area (Å²) in [5, 5.41) is 6.62. The number of aryl methyl sites for hydroxylation is 1. The Morgan fingerprint density at radius 1 is 1.33 bits per heavy atom. The highest BCUT2D eigenvalue weighted by Gasteiger charge is 2.23. The van der Waals surface area contributed by atoms with Crippen molar-refractivity contribution in [2.75, 3.05) is 37.3 Å². The zero-order valence-electron chi connectivity index (χ0n) is 13.8.